The van der Waals surface area contributed by atoms with Gasteiger partial charge in [0, 0.05) is 17.9 Å². The molecule has 4 heteroatoms. The first-order valence-corrected chi connectivity index (χ1v) is 5.11. The maximum Gasteiger partial charge on any atom is 0.355 e. The summed E-state index contributed by atoms with van der Waals surface area (Å²) in [7, 11) is 0. The molecule has 0 unspecified atom stereocenters. The van der Waals surface area contributed by atoms with Gasteiger partial charge in [-0.1, -0.05) is 27.8 Å². The molecule has 72 valence electrons. The van der Waals surface area contributed by atoms with Gasteiger partial charge >= 0.3 is 5.97 Å². The number of hydrogen-bond donors (Lipinski definition) is 1. The average molecular weight is 254 g/mol. The van der Waals surface area contributed by atoms with Crippen LogP contribution in [0.3, 0.4) is 0 Å². The highest BCUT2D eigenvalue weighted by Crippen LogP contribution is 2.03. The molecule has 0 fully saturated rings. The normalized spacial score (nSPS) is 8.93. The smallest absolute Gasteiger partial charge is 0.355 e. The van der Waals surface area contributed by atoms with Crippen molar-refractivity contribution in [1.82, 2.24) is 4.98 Å². The molecule has 0 atom stereocenters. The van der Waals surface area contributed by atoms with Gasteiger partial charge in [0.05, 0.1) is 5.56 Å². The molecular formula is C10H8BrNO2. The lowest BCUT2D eigenvalue weighted by Crippen LogP contribution is -2.02. The molecule has 0 aromatic carbocycles. The second-order valence-electron chi connectivity index (χ2n) is 2.45. The number of halogens is 1. The fourth-order valence-electron chi connectivity index (χ4n) is 0.882. The van der Waals surface area contributed by atoms with Crippen molar-refractivity contribution in [3.05, 3.63) is 29.6 Å². The summed E-state index contributed by atoms with van der Waals surface area (Å²) in [6.07, 6.45) is 2.13. The van der Waals surface area contributed by atoms with Gasteiger partial charge in [-0.05, 0) is 12.1 Å². The fourth-order valence-corrected chi connectivity index (χ4v) is 1.08. The predicted octanol–water partition coefficient (Wildman–Crippen LogP) is 1.92. The second kappa shape index (κ2) is 5.40. The molecule has 1 aromatic heterocycles. The molecule has 1 aromatic rings. The minimum absolute atomic E-state index is 0.00886. The number of carboxylic acid groups (broad SMARTS) is 1. The van der Waals surface area contributed by atoms with E-state index in [0.717, 1.165) is 5.33 Å². The SMILES string of the molecule is O=C(O)c1ncccc1C#CCCBr. The zero-order valence-corrected chi connectivity index (χ0v) is 8.91. The van der Waals surface area contributed by atoms with E-state index in [9.17, 15) is 4.79 Å². The van der Waals surface area contributed by atoms with Gasteiger partial charge in [-0.25, -0.2) is 9.78 Å². The molecule has 0 aliphatic heterocycles. The van der Waals surface area contributed by atoms with Crippen molar-refractivity contribution >= 4 is 21.9 Å². The number of carbonyl (C=O) groups is 1. The number of pyridine rings is 1. The average Bonchev–Trinajstić information content (AvgIpc) is 2.19. The number of alkyl halides is 1. The van der Waals surface area contributed by atoms with Crippen LogP contribution in [0, 0.1) is 11.8 Å². The highest BCUT2D eigenvalue weighted by Gasteiger charge is 2.07. The molecular weight excluding hydrogens is 246 g/mol. The molecule has 14 heavy (non-hydrogen) atoms. The maximum atomic E-state index is 10.7. The molecule has 1 N–H and O–H groups in total. The highest BCUT2D eigenvalue weighted by atomic mass is 79.9. The summed E-state index contributed by atoms with van der Waals surface area (Å²) in [6.45, 7) is 0. The van der Waals surface area contributed by atoms with Gasteiger partial charge in [0.15, 0.2) is 5.69 Å². The molecule has 0 bridgehead atoms. The molecule has 0 amide bonds. The minimum atomic E-state index is -1.05. The van der Waals surface area contributed by atoms with Crippen molar-refractivity contribution in [2.75, 3.05) is 5.33 Å². The van der Waals surface area contributed by atoms with E-state index in [4.69, 9.17) is 5.11 Å². The third-order valence-electron chi connectivity index (χ3n) is 1.45. The van der Waals surface area contributed by atoms with Crippen LogP contribution in [0.1, 0.15) is 22.5 Å². The van der Waals surface area contributed by atoms with Crippen molar-refractivity contribution in [2.45, 2.75) is 6.42 Å². The third-order valence-corrected chi connectivity index (χ3v) is 1.85. The van der Waals surface area contributed by atoms with Gasteiger partial charge < -0.3 is 5.11 Å². The first kappa shape index (κ1) is 10.7. The monoisotopic (exact) mass is 253 g/mol. The first-order valence-electron chi connectivity index (χ1n) is 3.99. The van der Waals surface area contributed by atoms with Gasteiger partial charge in [-0.2, -0.15) is 0 Å². The third kappa shape index (κ3) is 2.86. The summed E-state index contributed by atoms with van der Waals surface area (Å²) in [4.78, 5) is 14.5. The largest absolute Gasteiger partial charge is 0.476 e. The molecule has 3 nitrogen and oxygen atoms in total. The van der Waals surface area contributed by atoms with Gasteiger partial charge in [0.1, 0.15) is 0 Å². The Morgan fingerprint density at radius 2 is 2.43 bits per heavy atom. The van der Waals surface area contributed by atoms with Crippen molar-refractivity contribution < 1.29 is 9.90 Å². The molecule has 0 saturated heterocycles. The fraction of sp³-hybridized carbons (Fsp3) is 0.200. The minimum Gasteiger partial charge on any atom is -0.476 e. The van der Waals surface area contributed by atoms with Crippen LogP contribution in [0.5, 0.6) is 0 Å². The summed E-state index contributed by atoms with van der Waals surface area (Å²) in [5.74, 6) is 4.57. The lowest BCUT2D eigenvalue weighted by molar-refractivity contribution is 0.0690. The standard InChI is InChI=1S/C10H8BrNO2/c11-6-2-1-4-8-5-3-7-12-9(8)10(13)14/h3,5,7H,2,6H2,(H,13,14). The number of rotatable bonds is 2. The Kier molecular flexibility index (Phi) is 4.14. The number of nitrogens with zero attached hydrogens (tertiary/aromatic N) is 1. The van der Waals surface area contributed by atoms with Crippen LogP contribution in [0.15, 0.2) is 18.3 Å². The van der Waals surface area contributed by atoms with Crippen molar-refractivity contribution in [3.8, 4) is 11.8 Å². The van der Waals surface area contributed by atoms with Crippen molar-refractivity contribution in [1.29, 1.82) is 0 Å². The Morgan fingerprint density at radius 3 is 3.07 bits per heavy atom. The van der Waals surface area contributed by atoms with Crippen molar-refractivity contribution in [3.63, 3.8) is 0 Å². The molecule has 1 heterocycles. The first-order chi connectivity index (χ1) is 6.75. The topological polar surface area (TPSA) is 50.2 Å². The summed E-state index contributed by atoms with van der Waals surface area (Å²) >= 11 is 3.24. The summed E-state index contributed by atoms with van der Waals surface area (Å²) in [5, 5.41) is 9.56. The predicted molar refractivity (Wildman–Crippen MR) is 56.5 cm³/mol. The zero-order valence-electron chi connectivity index (χ0n) is 7.33. The Bertz CT molecular complexity index is 393. The Morgan fingerprint density at radius 1 is 1.64 bits per heavy atom. The lowest BCUT2D eigenvalue weighted by atomic mass is 10.2. The van der Waals surface area contributed by atoms with E-state index in [0.29, 0.717) is 12.0 Å². The summed E-state index contributed by atoms with van der Waals surface area (Å²) in [6, 6.07) is 3.32. The highest BCUT2D eigenvalue weighted by molar-refractivity contribution is 9.09. The van der Waals surface area contributed by atoms with Gasteiger partial charge in [-0.3, -0.25) is 0 Å². The van der Waals surface area contributed by atoms with Crippen LogP contribution in [0.2, 0.25) is 0 Å². The number of carboxylic acids is 1. The van der Waals surface area contributed by atoms with Crippen LogP contribution in [0.4, 0.5) is 0 Å². The Labute approximate surface area is 90.3 Å². The van der Waals surface area contributed by atoms with Crippen LogP contribution in [-0.2, 0) is 0 Å². The van der Waals surface area contributed by atoms with E-state index < -0.39 is 5.97 Å². The van der Waals surface area contributed by atoms with E-state index >= 15 is 0 Å². The number of aromatic carboxylic acids is 1. The molecule has 0 radical (unpaired) electrons. The van der Waals surface area contributed by atoms with Crippen LogP contribution >= 0.6 is 15.9 Å². The molecule has 0 spiro atoms. The molecule has 0 aliphatic carbocycles. The summed E-state index contributed by atoms with van der Waals surface area (Å²) in [5.41, 5.74) is 0.468. The van der Waals surface area contributed by atoms with E-state index in [1.807, 2.05) is 0 Å². The lowest BCUT2D eigenvalue weighted by Gasteiger charge is -1.95. The van der Waals surface area contributed by atoms with Crippen LogP contribution < -0.4 is 0 Å². The van der Waals surface area contributed by atoms with E-state index in [-0.39, 0.29) is 5.69 Å². The van der Waals surface area contributed by atoms with Gasteiger partial charge in [0.2, 0.25) is 0 Å². The zero-order chi connectivity index (χ0) is 10.4. The molecule has 0 saturated carbocycles. The van der Waals surface area contributed by atoms with E-state index in [1.165, 1.54) is 6.20 Å². The van der Waals surface area contributed by atoms with E-state index in [2.05, 4.69) is 32.8 Å². The Balaban J connectivity index is 2.97. The van der Waals surface area contributed by atoms with E-state index in [1.54, 1.807) is 12.1 Å². The second-order valence-corrected chi connectivity index (χ2v) is 3.24. The summed E-state index contributed by atoms with van der Waals surface area (Å²) < 4.78 is 0. The Hall–Kier alpha value is -1.34. The quantitative estimate of drug-likeness (QED) is 0.647. The van der Waals surface area contributed by atoms with Crippen molar-refractivity contribution in [2.24, 2.45) is 0 Å². The number of aromatic nitrogens is 1. The van der Waals surface area contributed by atoms with Gasteiger partial charge in [-0.15, -0.1) is 0 Å². The van der Waals surface area contributed by atoms with Crippen LogP contribution in [0.25, 0.3) is 0 Å². The maximum absolute atomic E-state index is 10.7. The van der Waals surface area contributed by atoms with Gasteiger partial charge in [0.25, 0.3) is 0 Å². The molecule has 1 rings (SSSR count). The van der Waals surface area contributed by atoms with Crippen LogP contribution in [-0.4, -0.2) is 21.4 Å². The number of hydrogen-bond acceptors (Lipinski definition) is 2. The molecule has 0 aliphatic rings.